The Morgan fingerprint density at radius 1 is 1.12 bits per heavy atom. The van der Waals surface area contributed by atoms with E-state index < -0.39 is 0 Å². The van der Waals surface area contributed by atoms with Crippen LogP contribution < -0.4 is 14.8 Å². The Kier molecular flexibility index (Phi) is 4.36. The minimum absolute atomic E-state index is 0.230. The summed E-state index contributed by atoms with van der Waals surface area (Å²) in [6.07, 6.45) is 0. The maximum atomic E-state index is 12.5. The lowest BCUT2D eigenvalue weighted by Crippen LogP contribution is -2.12. The fourth-order valence-electron chi connectivity index (χ4n) is 2.53. The number of carbonyl (C=O) groups excluding carboxylic acids is 1. The highest BCUT2D eigenvalue weighted by atomic mass is 35.5. The van der Waals surface area contributed by atoms with E-state index in [1.165, 1.54) is 7.11 Å². The second-order valence-electron chi connectivity index (χ2n) is 5.20. The van der Waals surface area contributed by atoms with E-state index >= 15 is 0 Å². The van der Waals surface area contributed by atoms with Crippen LogP contribution in [0.5, 0.6) is 11.5 Å². The molecule has 0 radical (unpaired) electrons. The lowest BCUT2D eigenvalue weighted by atomic mass is 10.1. The van der Waals surface area contributed by atoms with E-state index in [9.17, 15) is 4.79 Å². The molecule has 3 rings (SSSR count). The van der Waals surface area contributed by atoms with Crippen molar-refractivity contribution in [2.75, 3.05) is 19.5 Å². The number of carbonyl (C=O) groups is 1. The molecule has 1 aromatic heterocycles. The third-order valence-corrected chi connectivity index (χ3v) is 4.06. The molecule has 1 N–H and O–H groups in total. The van der Waals surface area contributed by atoms with Gasteiger partial charge in [-0.15, -0.1) is 0 Å². The molecule has 0 fully saturated rings. The first-order chi connectivity index (χ1) is 11.5. The van der Waals surface area contributed by atoms with E-state index in [2.05, 4.69) is 5.32 Å². The fourth-order valence-corrected chi connectivity index (χ4v) is 2.74. The molecule has 0 aliphatic rings. The molecule has 124 valence electrons. The Morgan fingerprint density at radius 3 is 2.54 bits per heavy atom. The highest BCUT2D eigenvalue weighted by Gasteiger charge is 2.19. The quantitative estimate of drug-likeness (QED) is 0.746. The first-order valence-electron chi connectivity index (χ1n) is 7.26. The molecule has 0 aliphatic heterocycles. The summed E-state index contributed by atoms with van der Waals surface area (Å²) in [5.41, 5.74) is 1.82. The van der Waals surface area contributed by atoms with Gasteiger partial charge in [-0.1, -0.05) is 23.7 Å². The largest absolute Gasteiger partial charge is 0.493 e. The number of fused-ring (bicyclic) bond motifs is 1. The van der Waals surface area contributed by atoms with Crippen LogP contribution in [0.3, 0.4) is 0 Å². The summed E-state index contributed by atoms with van der Waals surface area (Å²) in [5.74, 6) is 0.988. The summed E-state index contributed by atoms with van der Waals surface area (Å²) < 4.78 is 16.1. The van der Waals surface area contributed by atoms with Crippen LogP contribution in [-0.2, 0) is 0 Å². The lowest BCUT2D eigenvalue weighted by Gasteiger charge is -2.10. The molecule has 5 nitrogen and oxygen atoms in total. The van der Waals surface area contributed by atoms with Crippen LogP contribution in [0.1, 0.15) is 16.1 Å². The van der Waals surface area contributed by atoms with Crippen molar-refractivity contribution in [3.8, 4) is 11.5 Å². The Labute approximate surface area is 144 Å². The van der Waals surface area contributed by atoms with Crippen LogP contribution in [0.15, 0.2) is 40.8 Å². The molecule has 1 amide bonds. The zero-order valence-electron chi connectivity index (χ0n) is 13.5. The summed E-state index contributed by atoms with van der Waals surface area (Å²) in [6, 6.07) is 10.5. The molecule has 0 atom stereocenters. The van der Waals surface area contributed by atoms with Crippen LogP contribution in [0, 0.1) is 6.92 Å². The van der Waals surface area contributed by atoms with Gasteiger partial charge in [0.2, 0.25) is 0 Å². The second-order valence-corrected chi connectivity index (χ2v) is 5.60. The number of amides is 1. The number of anilines is 1. The number of para-hydroxylation sites is 1. The number of halogens is 1. The summed E-state index contributed by atoms with van der Waals surface area (Å²) in [6.45, 7) is 1.83. The monoisotopic (exact) mass is 345 g/mol. The molecule has 24 heavy (non-hydrogen) atoms. The topological polar surface area (TPSA) is 60.7 Å². The zero-order chi connectivity index (χ0) is 17.3. The van der Waals surface area contributed by atoms with Crippen molar-refractivity contribution >= 4 is 34.2 Å². The molecule has 0 aliphatic carbocycles. The number of ether oxygens (including phenoxy) is 2. The number of hydrogen-bond acceptors (Lipinski definition) is 4. The van der Waals surface area contributed by atoms with E-state index in [0.717, 1.165) is 10.9 Å². The Balaban J connectivity index is 1.93. The van der Waals surface area contributed by atoms with Crippen LogP contribution in [-0.4, -0.2) is 20.1 Å². The molecule has 2 aromatic carbocycles. The molecule has 1 heterocycles. The average molecular weight is 346 g/mol. The second kappa shape index (κ2) is 6.45. The van der Waals surface area contributed by atoms with Gasteiger partial charge in [-0.25, -0.2) is 0 Å². The molecule has 0 saturated heterocycles. The minimum Gasteiger partial charge on any atom is -0.493 e. The van der Waals surface area contributed by atoms with Gasteiger partial charge in [-0.05, 0) is 25.1 Å². The summed E-state index contributed by atoms with van der Waals surface area (Å²) in [7, 11) is 3.09. The minimum atomic E-state index is -0.355. The Hall–Kier alpha value is -2.66. The molecule has 0 spiro atoms. The maximum absolute atomic E-state index is 12.5. The average Bonchev–Trinajstić information content (AvgIpc) is 2.93. The first-order valence-corrected chi connectivity index (χ1v) is 7.64. The van der Waals surface area contributed by atoms with Gasteiger partial charge in [0, 0.05) is 22.7 Å². The third-order valence-electron chi connectivity index (χ3n) is 3.76. The van der Waals surface area contributed by atoms with E-state index in [4.69, 9.17) is 25.5 Å². The van der Waals surface area contributed by atoms with Crippen molar-refractivity contribution in [2.45, 2.75) is 6.92 Å². The van der Waals surface area contributed by atoms with Gasteiger partial charge in [0.1, 0.15) is 0 Å². The van der Waals surface area contributed by atoms with E-state index in [1.807, 2.05) is 19.1 Å². The molecular formula is C18H16ClNO4. The van der Waals surface area contributed by atoms with E-state index in [0.29, 0.717) is 27.8 Å². The smallest absolute Gasteiger partial charge is 0.291 e. The predicted molar refractivity (Wildman–Crippen MR) is 93.5 cm³/mol. The number of aryl methyl sites for hydroxylation is 1. The molecule has 6 heteroatoms. The van der Waals surface area contributed by atoms with Crippen molar-refractivity contribution in [1.82, 2.24) is 0 Å². The molecule has 3 aromatic rings. The highest BCUT2D eigenvalue weighted by molar-refractivity contribution is 6.35. The van der Waals surface area contributed by atoms with Crippen LogP contribution in [0.4, 0.5) is 5.69 Å². The van der Waals surface area contributed by atoms with Gasteiger partial charge in [-0.3, -0.25) is 4.79 Å². The van der Waals surface area contributed by atoms with Gasteiger partial charge in [0.25, 0.3) is 5.91 Å². The van der Waals surface area contributed by atoms with E-state index in [-0.39, 0.29) is 11.7 Å². The fraction of sp³-hybridized carbons (Fsp3) is 0.167. The maximum Gasteiger partial charge on any atom is 0.291 e. The molecular weight excluding hydrogens is 330 g/mol. The predicted octanol–water partition coefficient (Wildman–Crippen LogP) is 4.66. The van der Waals surface area contributed by atoms with Gasteiger partial charge in [0.15, 0.2) is 22.8 Å². The van der Waals surface area contributed by atoms with Crippen LogP contribution in [0.25, 0.3) is 11.0 Å². The number of hydrogen-bond donors (Lipinski definition) is 1. The normalized spacial score (nSPS) is 10.7. The van der Waals surface area contributed by atoms with Crippen LogP contribution >= 0.6 is 11.6 Å². The van der Waals surface area contributed by atoms with Crippen molar-refractivity contribution in [3.63, 3.8) is 0 Å². The number of nitrogens with one attached hydrogen (secondary N) is 1. The third kappa shape index (κ3) is 2.78. The first kappa shape index (κ1) is 16.2. The standard InChI is InChI=1S/C18H16ClNO4/c1-10-12-5-4-6-13(19)17(12)24-16(10)18(21)20-11-7-8-14(22-2)15(9-11)23-3/h4-9H,1-3H3,(H,20,21). The molecule has 0 bridgehead atoms. The number of furan rings is 1. The molecule has 0 saturated carbocycles. The van der Waals surface area contributed by atoms with Crippen molar-refractivity contribution in [2.24, 2.45) is 0 Å². The summed E-state index contributed by atoms with van der Waals surface area (Å²) in [5, 5.41) is 4.09. The van der Waals surface area contributed by atoms with Gasteiger partial charge < -0.3 is 19.2 Å². The van der Waals surface area contributed by atoms with Gasteiger partial charge in [0.05, 0.1) is 19.2 Å². The zero-order valence-corrected chi connectivity index (χ0v) is 14.2. The Morgan fingerprint density at radius 2 is 1.88 bits per heavy atom. The van der Waals surface area contributed by atoms with E-state index in [1.54, 1.807) is 31.4 Å². The van der Waals surface area contributed by atoms with Crippen molar-refractivity contribution < 1.29 is 18.7 Å². The number of benzene rings is 2. The number of rotatable bonds is 4. The highest BCUT2D eigenvalue weighted by Crippen LogP contribution is 2.32. The summed E-state index contributed by atoms with van der Waals surface area (Å²) >= 11 is 6.12. The van der Waals surface area contributed by atoms with Gasteiger partial charge >= 0.3 is 0 Å². The van der Waals surface area contributed by atoms with Crippen LogP contribution in [0.2, 0.25) is 5.02 Å². The summed E-state index contributed by atoms with van der Waals surface area (Å²) in [4.78, 5) is 12.5. The lowest BCUT2D eigenvalue weighted by molar-refractivity contribution is 0.0998. The van der Waals surface area contributed by atoms with Gasteiger partial charge in [-0.2, -0.15) is 0 Å². The SMILES string of the molecule is COc1ccc(NC(=O)c2oc3c(Cl)cccc3c2C)cc1OC. The van der Waals surface area contributed by atoms with Crippen molar-refractivity contribution in [1.29, 1.82) is 0 Å². The van der Waals surface area contributed by atoms with Crippen molar-refractivity contribution in [3.05, 3.63) is 52.7 Å². The molecule has 0 unspecified atom stereocenters. The Bertz CT molecular complexity index is 917. The number of methoxy groups -OCH3 is 2.